The standard InChI is InChI=1S/C12H16N4O2/c1-16-12(11(7-13)14-15-16)8-18-10-5-3-4-9(6-10)17-2/h3-6H,7-8,13H2,1-2H3. The lowest BCUT2D eigenvalue weighted by atomic mass is 10.3. The summed E-state index contributed by atoms with van der Waals surface area (Å²) in [6.07, 6.45) is 0. The second-order valence-electron chi connectivity index (χ2n) is 3.78. The molecule has 0 radical (unpaired) electrons. The Balaban J connectivity index is 2.08. The highest BCUT2D eigenvalue weighted by atomic mass is 16.5. The van der Waals surface area contributed by atoms with E-state index in [1.54, 1.807) is 11.8 Å². The number of nitrogens with zero attached hydrogens (tertiary/aromatic N) is 3. The molecule has 0 atom stereocenters. The number of hydrogen-bond donors (Lipinski definition) is 1. The van der Waals surface area contributed by atoms with Crippen molar-refractivity contribution in [1.82, 2.24) is 15.0 Å². The number of aryl methyl sites for hydroxylation is 1. The van der Waals surface area contributed by atoms with Crippen molar-refractivity contribution in [1.29, 1.82) is 0 Å². The van der Waals surface area contributed by atoms with Gasteiger partial charge in [-0.3, -0.25) is 0 Å². The molecule has 1 aromatic carbocycles. The van der Waals surface area contributed by atoms with Crippen LogP contribution in [0.2, 0.25) is 0 Å². The summed E-state index contributed by atoms with van der Waals surface area (Å²) in [5.41, 5.74) is 7.21. The molecule has 2 aromatic rings. The number of nitrogens with two attached hydrogens (primary N) is 1. The second kappa shape index (κ2) is 5.50. The largest absolute Gasteiger partial charge is 0.497 e. The summed E-state index contributed by atoms with van der Waals surface area (Å²) >= 11 is 0. The Morgan fingerprint density at radius 2 is 2.11 bits per heavy atom. The highest BCUT2D eigenvalue weighted by Crippen LogP contribution is 2.20. The average molecular weight is 248 g/mol. The number of hydrogen-bond acceptors (Lipinski definition) is 5. The van der Waals surface area contributed by atoms with E-state index in [4.69, 9.17) is 15.2 Å². The van der Waals surface area contributed by atoms with Crippen molar-refractivity contribution in [2.45, 2.75) is 13.2 Å². The van der Waals surface area contributed by atoms with Gasteiger partial charge in [0.2, 0.25) is 0 Å². The molecule has 0 aliphatic heterocycles. The Morgan fingerprint density at radius 3 is 2.83 bits per heavy atom. The van der Waals surface area contributed by atoms with E-state index < -0.39 is 0 Å². The number of ether oxygens (including phenoxy) is 2. The van der Waals surface area contributed by atoms with Gasteiger partial charge in [-0.2, -0.15) is 0 Å². The molecule has 2 rings (SSSR count). The van der Waals surface area contributed by atoms with Crippen LogP contribution in [0.5, 0.6) is 11.5 Å². The van der Waals surface area contributed by atoms with E-state index in [2.05, 4.69) is 10.3 Å². The van der Waals surface area contributed by atoms with E-state index in [1.807, 2.05) is 31.3 Å². The monoisotopic (exact) mass is 248 g/mol. The zero-order valence-electron chi connectivity index (χ0n) is 10.5. The molecule has 1 aromatic heterocycles. The second-order valence-corrected chi connectivity index (χ2v) is 3.78. The highest BCUT2D eigenvalue weighted by molar-refractivity contribution is 5.33. The van der Waals surface area contributed by atoms with Gasteiger partial charge in [-0.15, -0.1) is 5.10 Å². The van der Waals surface area contributed by atoms with Gasteiger partial charge in [0.25, 0.3) is 0 Å². The van der Waals surface area contributed by atoms with Gasteiger partial charge in [-0.25, -0.2) is 4.68 Å². The summed E-state index contributed by atoms with van der Waals surface area (Å²) in [6, 6.07) is 7.43. The van der Waals surface area contributed by atoms with Gasteiger partial charge < -0.3 is 15.2 Å². The molecule has 96 valence electrons. The molecule has 0 unspecified atom stereocenters. The van der Waals surface area contributed by atoms with Gasteiger partial charge in [0, 0.05) is 19.7 Å². The van der Waals surface area contributed by atoms with E-state index in [0.717, 1.165) is 22.9 Å². The lowest BCUT2D eigenvalue weighted by Gasteiger charge is -2.08. The third-order valence-electron chi connectivity index (χ3n) is 2.63. The highest BCUT2D eigenvalue weighted by Gasteiger charge is 2.09. The molecule has 0 amide bonds. The number of methoxy groups -OCH3 is 1. The number of rotatable bonds is 5. The fourth-order valence-corrected chi connectivity index (χ4v) is 1.60. The van der Waals surface area contributed by atoms with Crippen LogP contribution in [0.4, 0.5) is 0 Å². The van der Waals surface area contributed by atoms with Crippen LogP contribution in [0.15, 0.2) is 24.3 Å². The summed E-state index contributed by atoms with van der Waals surface area (Å²) < 4.78 is 12.5. The Kier molecular flexibility index (Phi) is 3.78. The van der Waals surface area contributed by atoms with Crippen LogP contribution in [0, 0.1) is 0 Å². The van der Waals surface area contributed by atoms with E-state index in [0.29, 0.717) is 13.2 Å². The van der Waals surface area contributed by atoms with Crippen molar-refractivity contribution in [2.75, 3.05) is 7.11 Å². The lowest BCUT2D eigenvalue weighted by Crippen LogP contribution is -2.08. The van der Waals surface area contributed by atoms with E-state index in [9.17, 15) is 0 Å². The molecule has 0 saturated carbocycles. The summed E-state index contributed by atoms with van der Waals surface area (Å²) in [7, 11) is 3.44. The molecular formula is C12H16N4O2. The fourth-order valence-electron chi connectivity index (χ4n) is 1.60. The molecule has 6 heteroatoms. The van der Waals surface area contributed by atoms with Crippen molar-refractivity contribution in [3.8, 4) is 11.5 Å². The van der Waals surface area contributed by atoms with Crippen molar-refractivity contribution < 1.29 is 9.47 Å². The maximum atomic E-state index is 5.68. The van der Waals surface area contributed by atoms with Gasteiger partial charge >= 0.3 is 0 Å². The Bertz CT molecular complexity index is 525. The molecule has 0 fully saturated rings. The van der Waals surface area contributed by atoms with Crippen LogP contribution in [0.1, 0.15) is 11.4 Å². The van der Waals surface area contributed by atoms with Gasteiger partial charge in [0.05, 0.1) is 7.11 Å². The third-order valence-corrected chi connectivity index (χ3v) is 2.63. The first kappa shape index (κ1) is 12.4. The SMILES string of the molecule is COc1cccc(OCc2c(CN)nnn2C)c1. The predicted octanol–water partition coefficient (Wildman–Crippen LogP) is 0.861. The third kappa shape index (κ3) is 2.60. The van der Waals surface area contributed by atoms with Gasteiger partial charge in [-0.05, 0) is 12.1 Å². The first-order valence-corrected chi connectivity index (χ1v) is 5.59. The lowest BCUT2D eigenvalue weighted by molar-refractivity contribution is 0.291. The minimum absolute atomic E-state index is 0.352. The molecule has 18 heavy (non-hydrogen) atoms. The van der Waals surface area contributed by atoms with Crippen molar-refractivity contribution in [3.05, 3.63) is 35.7 Å². The number of benzene rings is 1. The molecular weight excluding hydrogens is 232 g/mol. The van der Waals surface area contributed by atoms with Gasteiger partial charge in [-0.1, -0.05) is 11.3 Å². The van der Waals surface area contributed by atoms with Crippen LogP contribution in [-0.2, 0) is 20.2 Å². The normalized spacial score (nSPS) is 10.4. The van der Waals surface area contributed by atoms with E-state index >= 15 is 0 Å². The van der Waals surface area contributed by atoms with Crippen molar-refractivity contribution in [3.63, 3.8) is 0 Å². The molecule has 0 aliphatic rings. The molecule has 0 saturated heterocycles. The van der Waals surface area contributed by atoms with Gasteiger partial charge in [0.15, 0.2) is 0 Å². The zero-order valence-corrected chi connectivity index (χ0v) is 10.5. The minimum Gasteiger partial charge on any atom is -0.497 e. The maximum Gasteiger partial charge on any atom is 0.132 e. The van der Waals surface area contributed by atoms with E-state index in [1.165, 1.54) is 0 Å². The first-order chi connectivity index (χ1) is 8.74. The molecule has 1 heterocycles. The van der Waals surface area contributed by atoms with Crippen LogP contribution in [0.25, 0.3) is 0 Å². The molecule has 0 bridgehead atoms. The summed E-state index contributed by atoms with van der Waals surface area (Å²) in [5, 5.41) is 7.88. The van der Waals surface area contributed by atoms with Crippen LogP contribution in [-0.4, -0.2) is 22.1 Å². The summed E-state index contributed by atoms with van der Waals surface area (Å²) in [4.78, 5) is 0. The van der Waals surface area contributed by atoms with E-state index in [-0.39, 0.29) is 0 Å². The Labute approximate surface area is 105 Å². The fraction of sp³-hybridized carbons (Fsp3) is 0.333. The van der Waals surface area contributed by atoms with Crippen LogP contribution in [0.3, 0.4) is 0 Å². The van der Waals surface area contributed by atoms with Crippen molar-refractivity contribution >= 4 is 0 Å². The smallest absolute Gasteiger partial charge is 0.132 e. The summed E-state index contributed by atoms with van der Waals surface area (Å²) in [6.45, 7) is 0.730. The molecule has 0 spiro atoms. The Hall–Kier alpha value is -2.08. The first-order valence-electron chi connectivity index (χ1n) is 5.59. The maximum absolute atomic E-state index is 5.68. The zero-order chi connectivity index (χ0) is 13.0. The van der Waals surface area contributed by atoms with Crippen molar-refractivity contribution in [2.24, 2.45) is 12.8 Å². The quantitative estimate of drug-likeness (QED) is 0.849. The average Bonchev–Trinajstić information content (AvgIpc) is 2.77. The predicted molar refractivity (Wildman–Crippen MR) is 66.2 cm³/mol. The topological polar surface area (TPSA) is 75.2 Å². The molecule has 6 nitrogen and oxygen atoms in total. The summed E-state index contributed by atoms with van der Waals surface area (Å²) in [5.74, 6) is 1.49. The number of aromatic nitrogens is 3. The molecule has 0 aliphatic carbocycles. The minimum atomic E-state index is 0.352. The Morgan fingerprint density at radius 1 is 1.33 bits per heavy atom. The van der Waals surface area contributed by atoms with Crippen LogP contribution >= 0.6 is 0 Å². The van der Waals surface area contributed by atoms with Crippen LogP contribution < -0.4 is 15.2 Å². The molecule has 2 N–H and O–H groups in total. The van der Waals surface area contributed by atoms with Gasteiger partial charge in [0.1, 0.15) is 29.5 Å².